The number of allylic oxidation sites excluding steroid dienone is 21. The summed E-state index contributed by atoms with van der Waals surface area (Å²) in [6, 6.07) is 0. The predicted molar refractivity (Wildman–Crippen MR) is 285 cm³/mol. The molecular weight excluding hydrogens is 789 g/mol. The van der Waals surface area contributed by atoms with Gasteiger partial charge in [0.25, 0.3) is 0 Å². The second-order valence-corrected chi connectivity index (χ2v) is 21.1. The normalized spacial score (nSPS) is 28.0. The Morgan fingerprint density at radius 1 is 0.600 bits per heavy atom. The van der Waals surface area contributed by atoms with Crippen LogP contribution < -0.4 is 0 Å². The van der Waals surface area contributed by atoms with Crippen molar-refractivity contribution in [1.29, 1.82) is 0 Å². The lowest BCUT2D eigenvalue weighted by atomic mass is 9.47. The SMILES string of the molecule is CC/C=C\C/C=C\C/C=C\C/C=C\C/C=C\C/C=C\C/C=C\C/C=C\C/C=C\C/C=C\CCCCC(=O)OC1CCC2(C)C(=CCC3C2CCC2(C)C(C(C)CCCC(C)C)CCC32)C1. The first-order chi connectivity index (χ1) is 31.7. The summed E-state index contributed by atoms with van der Waals surface area (Å²) < 4.78 is 6.14. The fourth-order valence-corrected chi connectivity index (χ4v) is 12.3. The summed E-state index contributed by atoms with van der Waals surface area (Å²) in [6.45, 7) is 14.8. The Balaban J connectivity index is 0.972. The molecule has 4 aliphatic rings. The molecule has 360 valence electrons. The minimum absolute atomic E-state index is 0.0150. The molecule has 0 bridgehead atoms. The largest absolute Gasteiger partial charge is 0.462 e. The molecule has 65 heavy (non-hydrogen) atoms. The maximum atomic E-state index is 12.9. The third kappa shape index (κ3) is 19.4. The van der Waals surface area contributed by atoms with Crippen molar-refractivity contribution in [3.05, 3.63) is 133 Å². The van der Waals surface area contributed by atoms with Crippen molar-refractivity contribution >= 4 is 5.97 Å². The van der Waals surface area contributed by atoms with E-state index in [1.54, 1.807) is 5.57 Å². The van der Waals surface area contributed by atoms with E-state index in [1.165, 1.54) is 57.8 Å². The van der Waals surface area contributed by atoms with Crippen LogP contribution in [0.5, 0.6) is 0 Å². The van der Waals surface area contributed by atoms with Gasteiger partial charge in [-0.3, -0.25) is 4.79 Å². The Morgan fingerprint density at radius 3 is 1.62 bits per heavy atom. The van der Waals surface area contributed by atoms with Gasteiger partial charge in [0.1, 0.15) is 6.10 Å². The van der Waals surface area contributed by atoms with Crippen molar-refractivity contribution in [2.75, 3.05) is 0 Å². The molecule has 0 aliphatic heterocycles. The van der Waals surface area contributed by atoms with Crippen LogP contribution in [-0.4, -0.2) is 12.1 Å². The van der Waals surface area contributed by atoms with Crippen LogP contribution in [0.3, 0.4) is 0 Å². The van der Waals surface area contributed by atoms with E-state index in [2.05, 4.69) is 169 Å². The van der Waals surface area contributed by atoms with Gasteiger partial charge < -0.3 is 4.74 Å². The van der Waals surface area contributed by atoms with Crippen LogP contribution in [0.2, 0.25) is 0 Å². The van der Waals surface area contributed by atoms with Crippen LogP contribution in [0.25, 0.3) is 0 Å². The lowest BCUT2D eigenvalue weighted by Gasteiger charge is -2.58. The van der Waals surface area contributed by atoms with Gasteiger partial charge in [-0.1, -0.05) is 194 Å². The zero-order valence-electron chi connectivity index (χ0n) is 42.7. The smallest absolute Gasteiger partial charge is 0.306 e. The Kier molecular flexibility index (Phi) is 26.3. The fourth-order valence-electron chi connectivity index (χ4n) is 12.3. The van der Waals surface area contributed by atoms with Gasteiger partial charge in [-0.2, -0.15) is 0 Å². The minimum Gasteiger partial charge on any atom is -0.462 e. The second kappa shape index (κ2) is 31.6. The summed E-state index contributed by atoms with van der Waals surface area (Å²) >= 11 is 0. The number of hydrogen-bond acceptors (Lipinski definition) is 2. The minimum atomic E-state index is 0.0150. The van der Waals surface area contributed by atoms with Crippen molar-refractivity contribution < 1.29 is 9.53 Å². The third-order valence-electron chi connectivity index (χ3n) is 15.9. The van der Waals surface area contributed by atoms with Gasteiger partial charge in [-0.05, 0) is 175 Å². The summed E-state index contributed by atoms with van der Waals surface area (Å²) in [5, 5.41) is 0. The summed E-state index contributed by atoms with van der Waals surface area (Å²) in [5.41, 5.74) is 2.47. The fraction of sp³-hybridized carbons (Fsp3) is 0.635. The molecule has 8 atom stereocenters. The summed E-state index contributed by atoms with van der Waals surface area (Å²) in [4.78, 5) is 12.9. The number of fused-ring (bicyclic) bond motifs is 5. The Bertz CT molecular complexity index is 1670. The van der Waals surface area contributed by atoms with E-state index >= 15 is 0 Å². The van der Waals surface area contributed by atoms with E-state index in [4.69, 9.17) is 4.74 Å². The molecule has 0 heterocycles. The highest BCUT2D eigenvalue weighted by Crippen LogP contribution is 2.67. The molecule has 3 fully saturated rings. The lowest BCUT2D eigenvalue weighted by Crippen LogP contribution is -2.51. The van der Waals surface area contributed by atoms with Crippen molar-refractivity contribution in [2.45, 2.75) is 208 Å². The molecule has 2 heteroatoms. The van der Waals surface area contributed by atoms with Crippen LogP contribution >= 0.6 is 0 Å². The number of unbranched alkanes of at least 4 members (excludes halogenated alkanes) is 2. The van der Waals surface area contributed by atoms with Crippen LogP contribution in [0, 0.1) is 46.3 Å². The topological polar surface area (TPSA) is 26.3 Å². The zero-order chi connectivity index (χ0) is 46.4. The van der Waals surface area contributed by atoms with Gasteiger partial charge in [0, 0.05) is 12.8 Å². The maximum absolute atomic E-state index is 12.9. The molecule has 0 saturated heterocycles. The molecule has 8 unspecified atom stereocenters. The van der Waals surface area contributed by atoms with Gasteiger partial charge in [0.2, 0.25) is 0 Å². The van der Waals surface area contributed by atoms with Gasteiger partial charge in [0.05, 0.1) is 0 Å². The molecule has 2 nitrogen and oxygen atoms in total. The first-order valence-electron chi connectivity index (χ1n) is 27.1. The standard InChI is InChI=1S/C63H96O2/c1-7-8-9-10-11-12-13-14-15-16-17-18-19-20-21-22-23-24-25-26-27-28-29-30-31-32-33-34-35-36-37-38-39-43-61(64)65-56-48-50-62(5)55(52-56)44-45-57-59-47-46-58(54(4)42-40-41-53(2)3)63(59,6)51-49-60(57)62/h8-9,11-12,14-15,17-18,20-21,23-24,26-27,29-30,32-33,35-36,44,53-54,56-60H,7,10,13,16,19,22,25,28,31,34,37-43,45-52H2,1-6H3/b9-8-,12-11-,15-14-,18-17-,21-20-,24-23-,27-26-,30-29-,33-32-,36-35-. The first-order valence-corrected chi connectivity index (χ1v) is 27.1. The van der Waals surface area contributed by atoms with Crippen LogP contribution in [-0.2, 0) is 9.53 Å². The molecule has 3 saturated carbocycles. The number of rotatable bonds is 30. The van der Waals surface area contributed by atoms with Gasteiger partial charge >= 0.3 is 5.97 Å². The highest BCUT2D eigenvalue weighted by Gasteiger charge is 2.59. The molecule has 0 N–H and O–H groups in total. The van der Waals surface area contributed by atoms with Crippen LogP contribution in [0.1, 0.15) is 202 Å². The van der Waals surface area contributed by atoms with E-state index in [9.17, 15) is 4.79 Å². The average molecular weight is 885 g/mol. The highest BCUT2D eigenvalue weighted by atomic mass is 16.5. The molecule has 0 aromatic rings. The van der Waals surface area contributed by atoms with E-state index in [0.29, 0.717) is 17.3 Å². The van der Waals surface area contributed by atoms with Crippen LogP contribution in [0.4, 0.5) is 0 Å². The molecule has 4 aliphatic carbocycles. The number of carbonyl (C=O) groups excluding carboxylic acids is 1. The van der Waals surface area contributed by atoms with Crippen LogP contribution in [0.15, 0.2) is 133 Å². The van der Waals surface area contributed by atoms with Gasteiger partial charge in [-0.25, -0.2) is 0 Å². The lowest BCUT2D eigenvalue weighted by molar-refractivity contribution is -0.151. The Labute approximate surface area is 401 Å². The van der Waals surface area contributed by atoms with E-state index in [-0.39, 0.29) is 12.1 Å². The number of hydrogen-bond donors (Lipinski definition) is 0. The second-order valence-electron chi connectivity index (χ2n) is 21.1. The third-order valence-corrected chi connectivity index (χ3v) is 15.9. The van der Waals surface area contributed by atoms with E-state index in [0.717, 1.165) is 132 Å². The molecule has 0 radical (unpaired) electrons. The average Bonchev–Trinajstić information content (AvgIpc) is 3.65. The monoisotopic (exact) mass is 885 g/mol. The molecular formula is C63H96O2. The number of esters is 1. The zero-order valence-corrected chi connectivity index (χ0v) is 42.7. The molecule has 0 aromatic heterocycles. The first kappa shape index (κ1) is 54.2. The van der Waals surface area contributed by atoms with Crippen molar-refractivity contribution in [1.82, 2.24) is 0 Å². The van der Waals surface area contributed by atoms with E-state index < -0.39 is 0 Å². The Hall–Kier alpha value is -3.39. The molecule has 4 rings (SSSR count). The summed E-state index contributed by atoms with van der Waals surface area (Å²) in [7, 11) is 0. The number of ether oxygens (including phenoxy) is 1. The van der Waals surface area contributed by atoms with Crippen molar-refractivity contribution in [2.24, 2.45) is 46.3 Å². The van der Waals surface area contributed by atoms with E-state index in [1.807, 2.05) is 0 Å². The molecule has 0 aromatic carbocycles. The summed E-state index contributed by atoms with van der Waals surface area (Å²) in [6.07, 6.45) is 75.7. The predicted octanol–water partition coefficient (Wildman–Crippen LogP) is 19.0. The maximum Gasteiger partial charge on any atom is 0.306 e. The highest BCUT2D eigenvalue weighted by molar-refractivity contribution is 5.69. The van der Waals surface area contributed by atoms with Gasteiger partial charge in [-0.15, -0.1) is 0 Å². The summed E-state index contributed by atoms with van der Waals surface area (Å²) in [5.74, 6) is 5.18. The molecule has 0 amide bonds. The van der Waals surface area contributed by atoms with Crippen molar-refractivity contribution in [3.63, 3.8) is 0 Å². The molecule has 0 spiro atoms. The Morgan fingerprint density at radius 2 is 1.11 bits per heavy atom. The number of carbonyl (C=O) groups is 1. The quantitative estimate of drug-likeness (QED) is 0.0408. The van der Waals surface area contributed by atoms with Gasteiger partial charge in [0.15, 0.2) is 0 Å². The van der Waals surface area contributed by atoms with Crippen molar-refractivity contribution in [3.8, 4) is 0 Å².